The number of unbranched alkanes of at least 4 members (excludes halogenated alkanes) is 1. The number of carbonyl (C=O) groups is 1. The smallest absolute Gasteiger partial charge is 0.305 e. The van der Waals surface area contributed by atoms with Crippen molar-refractivity contribution >= 4 is 11.7 Å². The number of anilines is 1. The second-order valence-electron chi connectivity index (χ2n) is 5.23. The number of aliphatic carboxylic acids is 1. The largest absolute Gasteiger partial charge is 0.481 e. The second kappa shape index (κ2) is 7.17. The van der Waals surface area contributed by atoms with E-state index in [-0.39, 0.29) is 6.42 Å². The van der Waals surface area contributed by atoms with Crippen molar-refractivity contribution in [3.05, 3.63) is 28.8 Å². The Labute approximate surface area is 116 Å². The molecule has 0 amide bonds. The normalized spacial score (nSPS) is 10.5. The molecule has 3 nitrogen and oxygen atoms in total. The summed E-state index contributed by atoms with van der Waals surface area (Å²) in [5.41, 5.74) is 4.94. The van der Waals surface area contributed by atoms with E-state index in [2.05, 4.69) is 44.7 Å². The lowest BCUT2D eigenvalue weighted by Crippen LogP contribution is -2.28. The summed E-state index contributed by atoms with van der Waals surface area (Å²) in [5, 5.41) is 8.89. The monoisotopic (exact) mass is 263 g/mol. The van der Waals surface area contributed by atoms with Crippen LogP contribution in [0.1, 0.15) is 42.9 Å². The van der Waals surface area contributed by atoms with Crippen LogP contribution in [0.2, 0.25) is 0 Å². The molecule has 3 heteroatoms. The van der Waals surface area contributed by atoms with Gasteiger partial charge in [0.15, 0.2) is 0 Å². The molecule has 1 N–H and O–H groups in total. The SMILES string of the molecule is CCCCN(CCC(=O)O)c1c(C)cc(C)cc1C. The molecule has 0 aliphatic heterocycles. The summed E-state index contributed by atoms with van der Waals surface area (Å²) < 4.78 is 0. The third-order valence-electron chi connectivity index (χ3n) is 3.33. The highest BCUT2D eigenvalue weighted by Crippen LogP contribution is 2.26. The van der Waals surface area contributed by atoms with Crippen LogP contribution in [0.5, 0.6) is 0 Å². The lowest BCUT2D eigenvalue weighted by molar-refractivity contribution is -0.136. The summed E-state index contributed by atoms with van der Waals surface area (Å²) in [4.78, 5) is 13.0. The molecular weight excluding hydrogens is 238 g/mol. The zero-order chi connectivity index (χ0) is 14.4. The quantitative estimate of drug-likeness (QED) is 0.815. The lowest BCUT2D eigenvalue weighted by atomic mass is 10.0. The molecule has 0 aliphatic rings. The van der Waals surface area contributed by atoms with Gasteiger partial charge in [0.1, 0.15) is 0 Å². The van der Waals surface area contributed by atoms with Crippen LogP contribution in [0, 0.1) is 20.8 Å². The van der Waals surface area contributed by atoms with Crippen LogP contribution < -0.4 is 4.90 Å². The number of aryl methyl sites for hydroxylation is 3. The van der Waals surface area contributed by atoms with Crippen molar-refractivity contribution in [2.45, 2.75) is 47.0 Å². The van der Waals surface area contributed by atoms with Crippen molar-refractivity contribution < 1.29 is 9.90 Å². The molecule has 0 heterocycles. The lowest BCUT2D eigenvalue weighted by Gasteiger charge is -2.28. The number of carboxylic acid groups (broad SMARTS) is 1. The Morgan fingerprint density at radius 2 is 1.74 bits per heavy atom. The van der Waals surface area contributed by atoms with Gasteiger partial charge in [0.05, 0.1) is 6.42 Å². The molecule has 0 spiro atoms. The van der Waals surface area contributed by atoms with E-state index >= 15 is 0 Å². The molecule has 19 heavy (non-hydrogen) atoms. The molecule has 0 aliphatic carbocycles. The van der Waals surface area contributed by atoms with Gasteiger partial charge in [0.2, 0.25) is 0 Å². The first-order valence-corrected chi connectivity index (χ1v) is 7.00. The van der Waals surface area contributed by atoms with Gasteiger partial charge in [-0.1, -0.05) is 31.0 Å². The van der Waals surface area contributed by atoms with E-state index in [4.69, 9.17) is 5.11 Å². The van der Waals surface area contributed by atoms with Gasteiger partial charge in [0.25, 0.3) is 0 Å². The molecule has 0 radical (unpaired) electrons. The average molecular weight is 263 g/mol. The fraction of sp³-hybridized carbons (Fsp3) is 0.562. The minimum absolute atomic E-state index is 0.191. The summed E-state index contributed by atoms with van der Waals surface area (Å²) in [7, 11) is 0. The van der Waals surface area contributed by atoms with E-state index in [1.165, 1.54) is 22.4 Å². The topological polar surface area (TPSA) is 40.5 Å². The minimum Gasteiger partial charge on any atom is -0.481 e. The van der Waals surface area contributed by atoms with Crippen molar-refractivity contribution in [1.29, 1.82) is 0 Å². The Morgan fingerprint density at radius 3 is 2.21 bits per heavy atom. The highest BCUT2D eigenvalue weighted by molar-refractivity contribution is 5.68. The molecule has 0 aromatic heterocycles. The molecule has 1 aromatic rings. The predicted octanol–water partition coefficient (Wildman–Crippen LogP) is 3.69. The third-order valence-corrected chi connectivity index (χ3v) is 3.33. The van der Waals surface area contributed by atoms with Gasteiger partial charge < -0.3 is 10.0 Å². The summed E-state index contributed by atoms with van der Waals surface area (Å²) in [6.07, 6.45) is 2.40. The van der Waals surface area contributed by atoms with Gasteiger partial charge in [-0.25, -0.2) is 0 Å². The number of benzene rings is 1. The number of nitrogens with zero attached hydrogens (tertiary/aromatic N) is 1. The maximum absolute atomic E-state index is 10.8. The number of hydrogen-bond acceptors (Lipinski definition) is 2. The Hall–Kier alpha value is -1.51. The summed E-state index contributed by atoms with van der Waals surface area (Å²) in [5.74, 6) is -0.732. The predicted molar refractivity (Wildman–Crippen MR) is 80.0 cm³/mol. The van der Waals surface area contributed by atoms with Gasteiger partial charge in [-0.2, -0.15) is 0 Å². The van der Waals surface area contributed by atoms with Crippen LogP contribution in [0.15, 0.2) is 12.1 Å². The summed E-state index contributed by atoms with van der Waals surface area (Å²) in [6, 6.07) is 4.34. The van der Waals surface area contributed by atoms with Crippen LogP contribution in [0.4, 0.5) is 5.69 Å². The fourth-order valence-electron chi connectivity index (χ4n) is 2.59. The maximum Gasteiger partial charge on any atom is 0.305 e. The van der Waals surface area contributed by atoms with Crippen molar-refractivity contribution in [3.63, 3.8) is 0 Å². The van der Waals surface area contributed by atoms with Crippen LogP contribution in [0.3, 0.4) is 0 Å². The van der Waals surface area contributed by atoms with Gasteiger partial charge in [-0.15, -0.1) is 0 Å². The zero-order valence-electron chi connectivity index (χ0n) is 12.5. The van der Waals surface area contributed by atoms with Gasteiger partial charge >= 0.3 is 5.97 Å². The minimum atomic E-state index is -0.732. The Kier molecular flexibility index (Phi) is 5.87. The maximum atomic E-state index is 10.8. The highest BCUT2D eigenvalue weighted by atomic mass is 16.4. The third kappa shape index (κ3) is 4.58. The summed E-state index contributed by atoms with van der Waals surface area (Å²) >= 11 is 0. The van der Waals surface area contributed by atoms with Crippen molar-refractivity contribution in [1.82, 2.24) is 0 Å². The molecule has 0 saturated heterocycles. The van der Waals surface area contributed by atoms with E-state index in [9.17, 15) is 4.79 Å². The van der Waals surface area contributed by atoms with Gasteiger partial charge in [-0.3, -0.25) is 4.79 Å². The standard InChI is InChI=1S/C16H25NO2/c1-5-6-8-17(9-7-15(18)19)16-13(3)10-12(2)11-14(16)4/h10-11H,5-9H2,1-4H3,(H,18,19). The summed E-state index contributed by atoms with van der Waals surface area (Å²) in [6.45, 7) is 9.97. The number of carboxylic acids is 1. The van der Waals surface area contributed by atoms with E-state index in [1.54, 1.807) is 0 Å². The molecular formula is C16H25NO2. The molecule has 1 aromatic carbocycles. The Balaban J connectivity index is 2.98. The number of hydrogen-bond donors (Lipinski definition) is 1. The zero-order valence-corrected chi connectivity index (χ0v) is 12.5. The number of rotatable bonds is 7. The average Bonchev–Trinajstić information content (AvgIpc) is 2.30. The van der Waals surface area contributed by atoms with E-state index in [0.29, 0.717) is 6.54 Å². The van der Waals surface area contributed by atoms with E-state index in [0.717, 1.165) is 19.4 Å². The van der Waals surface area contributed by atoms with Crippen LogP contribution in [0.25, 0.3) is 0 Å². The molecule has 106 valence electrons. The van der Waals surface area contributed by atoms with Crippen LogP contribution >= 0.6 is 0 Å². The first-order chi connectivity index (χ1) is 8.95. The molecule has 0 atom stereocenters. The van der Waals surface area contributed by atoms with Gasteiger partial charge in [-0.05, 0) is 38.3 Å². The van der Waals surface area contributed by atoms with Crippen LogP contribution in [-0.4, -0.2) is 24.2 Å². The van der Waals surface area contributed by atoms with Crippen molar-refractivity contribution in [2.75, 3.05) is 18.0 Å². The molecule has 0 bridgehead atoms. The Bertz CT molecular complexity index is 417. The fourth-order valence-corrected chi connectivity index (χ4v) is 2.59. The highest BCUT2D eigenvalue weighted by Gasteiger charge is 2.13. The molecule has 1 rings (SSSR count). The van der Waals surface area contributed by atoms with Gasteiger partial charge in [0, 0.05) is 18.8 Å². The first-order valence-electron chi connectivity index (χ1n) is 7.00. The van der Waals surface area contributed by atoms with Crippen LogP contribution in [-0.2, 0) is 4.79 Å². The Morgan fingerprint density at radius 1 is 1.16 bits per heavy atom. The first kappa shape index (κ1) is 15.5. The molecule has 0 unspecified atom stereocenters. The van der Waals surface area contributed by atoms with Crippen molar-refractivity contribution in [3.8, 4) is 0 Å². The molecule has 0 fully saturated rings. The van der Waals surface area contributed by atoms with Crippen molar-refractivity contribution in [2.24, 2.45) is 0 Å². The second-order valence-corrected chi connectivity index (χ2v) is 5.23. The molecule has 0 saturated carbocycles. The van der Waals surface area contributed by atoms with E-state index < -0.39 is 5.97 Å². The van der Waals surface area contributed by atoms with E-state index in [1.807, 2.05) is 0 Å².